The second-order valence-corrected chi connectivity index (χ2v) is 6.07. The summed E-state index contributed by atoms with van der Waals surface area (Å²) in [5, 5.41) is 4.62. The smallest absolute Gasteiger partial charge is 0.161 e. The minimum atomic E-state index is -0.260. The lowest BCUT2D eigenvalue weighted by Gasteiger charge is -2.08. The van der Waals surface area contributed by atoms with E-state index in [0.29, 0.717) is 9.72 Å². The maximum Gasteiger partial charge on any atom is 0.161 e. The molecule has 1 unspecified atom stereocenters. The molecule has 0 spiro atoms. The van der Waals surface area contributed by atoms with Gasteiger partial charge in [0.05, 0.1) is 11.0 Å². The lowest BCUT2D eigenvalue weighted by Crippen LogP contribution is -2.07. The minimum absolute atomic E-state index is 0.260. The van der Waals surface area contributed by atoms with Crippen molar-refractivity contribution in [3.63, 3.8) is 0 Å². The maximum atomic E-state index is 13.3. The van der Waals surface area contributed by atoms with Crippen LogP contribution in [0.2, 0.25) is 0 Å². The van der Waals surface area contributed by atoms with Crippen LogP contribution in [-0.2, 0) is 0 Å². The lowest BCUT2D eigenvalue weighted by molar-refractivity contribution is 0.622. The van der Waals surface area contributed by atoms with Crippen molar-refractivity contribution in [3.05, 3.63) is 28.5 Å². The monoisotopic (exact) mass is 316 g/mol. The van der Waals surface area contributed by atoms with Crippen molar-refractivity contribution >= 4 is 38.5 Å². The summed E-state index contributed by atoms with van der Waals surface area (Å²) in [6, 6.07) is 5.01. The van der Waals surface area contributed by atoms with Crippen LogP contribution in [0.4, 0.5) is 10.1 Å². The summed E-state index contributed by atoms with van der Waals surface area (Å²) in [7, 11) is 0. The average molecular weight is 317 g/mol. The van der Waals surface area contributed by atoms with Gasteiger partial charge in [0.15, 0.2) is 5.17 Å². The quantitative estimate of drug-likeness (QED) is 0.900. The van der Waals surface area contributed by atoms with Crippen LogP contribution in [0.3, 0.4) is 0 Å². The van der Waals surface area contributed by atoms with Crippen LogP contribution in [0.15, 0.2) is 27.7 Å². The highest BCUT2D eigenvalue weighted by Gasteiger charge is 2.18. The Bertz CT molecular complexity index is 437. The zero-order valence-corrected chi connectivity index (χ0v) is 11.9. The van der Waals surface area contributed by atoms with Crippen LogP contribution in [0.25, 0.3) is 0 Å². The number of nitrogens with zero attached hydrogens (tertiary/aromatic N) is 1. The molecule has 1 atom stereocenters. The van der Waals surface area contributed by atoms with Crippen LogP contribution in [0.5, 0.6) is 0 Å². The van der Waals surface area contributed by atoms with E-state index in [4.69, 9.17) is 0 Å². The van der Waals surface area contributed by atoms with Crippen LogP contribution >= 0.6 is 27.7 Å². The molecule has 1 N–H and O–H groups in total. The first-order chi connectivity index (χ1) is 8.19. The lowest BCUT2D eigenvalue weighted by atomic mass is 10.2. The van der Waals surface area contributed by atoms with Gasteiger partial charge < -0.3 is 5.32 Å². The second kappa shape index (κ2) is 5.87. The van der Waals surface area contributed by atoms with Gasteiger partial charge in [0.2, 0.25) is 0 Å². The number of amidine groups is 1. The number of anilines is 1. The van der Waals surface area contributed by atoms with Crippen LogP contribution in [0.1, 0.15) is 19.8 Å². The third-order valence-corrected chi connectivity index (χ3v) is 4.31. The first kappa shape index (κ1) is 12.9. The molecule has 1 aromatic rings. The first-order valence-electron chi connectivity index (χ1n) is 5.62. The summed E-state index contributed by atoms with van der Waals surface area (Å²) in [5.41, 5.74) is 0.745. The van der Waals surface area contributed by atoms with Gasteiger partial charge in [0.1, 0.15) is 5.82 Å². The molecule has 0 bridgehead atoms. The van der Waals surface area contributed by atoms with E-state index in [1.54, 1.807) is 17.8 Å². The number of hydrogen-bond donors (Lipinski definition) is 1. The summed E-state index contributed by atoms with van der Waals surface area (Å²) in [6.07, 6.45) is 2.35. The Morgan fingerprint density at radius 1 is 1.59 bits per heavy atom. The van der Waals surface area contributed by atoms with E-state index in [0.717, 1.165) is 17.4 Å². The predicted molar refractivity (Wildman–Crippen MR) is 76.3 cm³/mol. The van der Waals surface area contributed by atoms with Gasteiger partial charge in [0.25, 0.3) is 0 Å². The van der Waals surface area contributed by atoms with Crippen molar-refractivity contribution in [2.24, 2.45) is 4.99 Å². The Morgan fingerprint density at radius 3 is 3.12 bits per heavy atom. The SMILES string of the molecule is CCCC1CN=C(Nc2ccc(Br)c(F)c2)S1. The third kappa shape index (κ3) is 3.45. The maximum absolute atomic E-state index is 13.3. The van der Waals surface area contributed by atoms with Gasteiger partial charge in [-0.25, -0.2) is 4.39 Å². The molecule has 0 radical (unpaired) electrons. The molecule has 0 aromatic heterocycles. The van der Waals surface area contributed by atoms with Crippen LogP contribution in [-0.4, -0.2) is 17.0 Å². The standard InChI is InChI=1S/C12H14BrFN2S/c1-2-3-9-7-15-12(17-9)16-8-4-5-10(13)11(14)6-8/h4-6,9H,2-3,7H2,1H3,(H,15,16). The number of hydrogen-bond acceptors (Lipinski definition) is 3. The number of halogens is 2. The highest BCUT2D eigenvalue weighted by molar-refractivity contribution is 9.10. The van der Waals surface area contributed by atoms with Gasteiger partial charge in [-0.3, -0.25) is 4.99 Å². The highest BCUT2D eigenvalue weighted by Crippen LogP contribution is 2.27. The molecule has 1 aromatic carbocycles. The molecule has 0 aliphatic carbocycles. The second-order valence-electron chi connectivity index (χ2n) is 3.93. The molecule has 2 nitrogen and oxygen atoms in total. The normalized spacial score (nSPS) is 19.2. The molecule has 2 rings (SSSR count). The Hall–Kier alpha value is -0.550. The van der Waals surface area contributed by atoms with E-state index in [9.17, 15) is 4.39 Å². The van der Waals surface area contributed by atoms with Gasteiger partial charge in [-0.15, -0.1) is 0 Å². The van der Waals surface area contributed by atoms with Crippen LogP contribution in [0, 0.1) is 5.82 Å². The summed E-state index contributed by atoms with van der Waals surface area (Å²) >= 11 is 4.88. The van der Waals surface area contributed by atoms with E-state index in [-0.39, 0.29) is 5.82 Å². The van der Waals surface area contributed by atoms with Crippen molar-refractivity contribution in [2.45, 2.75) is 25.0 Å². The molecule has 0 saturated carbocycles. The summed E-state index contributed by atoms with van der Waals surface area (Å²) < 4.78 is 13.8. The number of thioether (sulfide) groups is 1. The summed E-state index contributed by atoms with van der Waals surface area (Å²) in [6.45, 7) is 3.04. The van der Waals surface area contributed by atoms with Gasteiger partial charge in [-0.2, -0.15) is 0 Å². The van der Waals surface area contributed by atoms with E-state index >= 15 is 0 Å². The zero-order valence-electron chi connectivity index (χ0n) is 9.54. The molecule has 1 aliphatic heterocycles. The van der Waals surface area contributed by atoms with Gasteiger partial charge in [-0.1, -0.05) is 25.1 Å². The number of rotatable bonds is 3. The molecule has 92 valence electrons. The summed E-state index contributed by atoms with van der Waals surface area (Å²) in [5.74, 6) is -0.260. The Kier molecular flexibility index (Phi) is 4.45. The van der Waals surface area contributed by atoms with Crippen molar-refractivity contribution in [1.29, 1.82) is 0 Å². The predicted octanol–water partition coefficient (Wildman–Crippen LogP) is 4.27. The number of nitrogens with one attached hydrogen (secondary N) is 1. The molecule has 1 heterocycles. The van der Waals surface area contributed by atoms with E-state index in [1.165, 1.54) is 18.9 Å². The minimum Gasteiger partial charge on any atom is -0.335 e. The third-order valence-electron chi connectivity index (χ3n) is 2.50. The van der Waals surface area contributed by atoms with E-state index in [1.807, 2.05) is 6.07 Å². The molecule has 0 fully saturated rings. The fourth-order valence-corrected chi connectivity index (χ4v) is 3.05. The first-order valence-corrected chi connectivity index (χ1v) is 7.29. The topological polar surface area (TPSA) is 24.4 Å². The van der Waals surface area contributed by atoms with Gasteiger partial charge in [-0.05, 0) is 40.5 Å². The molecule has 5 heteroatoms. The molecular weight excluding hydrogens is 303 g/mol. The zero-order chi connectivity index (χ0) is 12.3. The molecular formula is C12H14BrFN2S. The van der Waals surface area contributed by atoms with Crippen molar-refractivity contribution < 1.29 is 4.39 Å². The Morgan fingerprint density at radius 2 is 2.41 bits per heavy atom. The fraction of sp³-hybridized carbons (Fsp3) is 0.417. The van der Waals surface area contributed by atoms with E-state index in [2.05, 4.69) is 33.2 Å². The van der Waals surface area contributed by atoms with Crippen molar-refractivity contribution in [3.8, 4) is 0 Å². The molecule has 17 heavy (non-hydrogen) atoms. The number of benzene rings is 1. The highest BCUT2D eigenvalue weighted by atomic mass is 79.9. The van der Waals surface area contributed by atoms with E-state index < -0.39 is 0 Å². The van der Waals surface area contributed by atoms with Gasteiger partial charge >= 0.3 is 0 Å². The Balaban J connectivity index is 1.96. The largest absolute Gasteiger partial charge is 0.335 e. The molecule has 0 amide bonds. The van der Waals surface area contributed by atoms with Gasteiger partial charge in [0, 0.05) is 10.9 Å². The molecule has 1 aliphatic rings. The number of aliphatic imine (C=N–C) groups is 1. The Labute approximate surface area is 113 Å². The van der Waals surface area contributed by atoms with Crippen molar-refractivity contribution in [1.82, 2.24) is 0 Å². The average Bonchev–Trinajstić information content (AvgIpc) is 2.72. The molecule has 0 saturated heterocycles. The van der Waals surface area contributed by atoms with Crippen LogP contribution < -0.4 is 5.32 Å². The summed E-state index contributed by atoms with van der Waals surface area (Å²) in [4.78, 5) is 4.42. The fourth-order valence-electron chi connectivity index (χ4n) is 1.66. The van der Waals surface area contributed by atoms with Crippen molar-refractivity contribution in [2.75, 3.05) is 11.9 Å².